The molecule has 0 aliphatic heterocycles. The molecule has 0 spiro atoms. The maximum atomic E-state index is 10.3. The molecule has 17 heavy (non-hydrogen) atoms. The number of aliphatic hydroxyl groups excluding tert-OH is 1. The second kappa shape index (κ2) is 5.96. The molecule has 1 heterocycles. The van der Waals surface area contributed by atoms with Gasteiger partial charge in [0.05, 0.1) is 0 Å². The fraction of sp³-hybridized carbons (Fsp3) is 0.286. The minimum absolute atomic E-state index is 0.505. The minimum Gasteiger partial charge on any atom is -0.384 e. The Kier molecular flexibility index (Phi) is 4.31. The van der Waals surface area contributed by atoms with E-state index in [0.29, 0.717) is 0 Å². The van der Waals surface area contributed by atoms with E-state index in [2.05, 4.69) is 5.32 Å². The highest BCUT2D eigenvalue weighted by Crippen LogP contribution is 2.28. The summed E-state index contributed by atoms with van der Waals surface area (Å²) in [5.74, 6) is 0. The molecule has 2 rings (SSSR count). The van der Waals surface area contributed by atoms with Gasteiger partial charge in [0.15, 0.2) is 0 Å². The van der Waals surface area contributed by atoms with Crippen molar-refractivity contribution in [1.82, 2.24) is 5.32 Å². The first-order valence-electron chi connectivity index (χ1n) is 5.77. The van der Waals surface area contributed by atoms with Crippen LogP contribution in [0.2, 0.25) is 0 Å². The van der Waals surface area contributed by atoms with Crippen LogP contribution in [0.25, 0.3) is 0 Å². The molecule has 0 bridgehead atoms. The van der Waals surface area contributed by atoms with Crippen LogP contribution < -0.4 is 5.32 Å². The second-order valence-corrected chi connectivity index (χ2v) is 4.97. The molecule has 2 N–H and O–H groups in total. The summed E-state index contributed by atoms with van der Waals surface area (Å²) in [5, 5.41) is 15.5. The zero-order valence-electron chi connectivity index (χ0n) is 9.89. The third kappa shape index (κ3) is 2.94. The number of benzene rings is 1. The molecule has 1 aromatic heterocycles. The van der Waals surface area contributed by atoms with E-state index in [0.717, 1.165) is 24.1 Å². The van der Waals surface area contributed by atoms with Gasteiger partial charge in [-0.15, -0.1) is 11.3 Å². The highest BCUT2D eigenvalue weighted by Gasteiger charge is 2.14. The van der Waals surface area contributed by atoms with Gasteiger partial charge in [-0.25, -0.2) is 0 Å². The summed E-state index contributed by atoms with van der Waals surface area (Å²) >= 11 is 1.71. The van der Waals surface area contributed by atoms with Crippen molar-refractivity contribution < 1.29 is 5.11 Å². The normalized spacial score (nSPS) is 12.6. The van der Waals surface area contributed by atoms with Gasteiger partial charge < -0.3 is 10.4 Å². The van der Waals surface area contributed by atoms with Crippen LogP contribution in [-0.2, 0) is 6.42 Å². The van der Waals surface area contributed by atoms with Crippen molar-refractivity contribution >= 4 is 11.3 Å². The number of likely N-dealkylation sites (N-methyl/N-ethyl adjacent to an activating group) is 1. The van der Waals surface area contributed by atoms with E-state index in [4.69, 9.17) is 0 Å². The number of nitrogens with one attached hydrogen (secondary N) is 1. The zero-order chi connectivity index (χ0) is 12.1. The Hall–Kier alpha value is -1.16. The zero-order valence-corrected chi connectivity index (χ0v) is 10.7. The second-order valence-electron chi connectivity index (χ2n) is 3.97. The Morgan fingerprint density at radius 3 is 2.71 bits per heavy atom. The molecule has 1 unspecified atom stereocenters. The predicted octanol–water partition coefficient (Wildman–Crippen LogP) is 2.59. The third-order valence-corrected chi connectivity index (χ3v) is 3.79. The molecule has 2 aromatic rings. The van der Waals surface area contributed by atoms with Gasteiger partial charge in [-0.1, -0.05) is 30.3 Å². The summed E-state index contributed by atoms with van der Waals surface area (Å²) in [6.45, 7) is 0.940. The largest absolute Gasteiger partial charge is 0.384 e. The first-order chi connectivity index (χ1) is 8.33. The number of thiophene rings is 1. The maximum absolute atomic E-state index is 10.3. The van der Waals surface area contributed by atoms with Gasteiger partial charge >= 0.3 is 0 Å². The van der Waals surface area contributed by atoms with Crippen LogP contribution in [0.5, 0.6) is 0 Å². The van der Waals surface area contributed by atoms with Crippen molar-refractivity contribution in [3.05, 3.63) is 57.8 Å². The first-order valence-corrected chi connectivity index (χ1v) is 6.64. The van der Waals surface area contributed by atoms with Crippen LogP contribution >= 0.6 is 11.3 Å². The topological polar surface area (TPSA) is 32.3 Å². The molecule has 0 fully saturated rings. The molecular formula is C14H17NOS. The van der Waals surface area contributed by atoms with Crippen molar-refractivity contribution in [3.8, 4) is 0 Å². The molecule has 2 nitrogen and oxygen atoms in total. The van der Waals surface area contributed by atoms with Crippen LogP contribution in [0.1, 0.15) is 22.1 Å². The van der Waals surface area contributed by atoms with Crippen LogP contribution in [0, 0.1) is 0 Å². The van der Waals surface area contributed by atoms with Crippen molar-refractivity contribution in [3.63, 3.8) is 0 Å². The Morgan fingerprint density at radius 2 is 2.00 bits per heavy atom. The number of aliphatic hydroxyl groups is 1. The van der Waals surface area contributed by atoms with E-state index in [1.807, 2.05) is 48.8 Å². The van der Waals surface area contributed by atoms with E-state index < -0.39 is 6.10 Å². The maximum Gasteiger partial charge on any atom is 0.105 e. The molecule has 0 aliphatic rings. The SMILES string of the molecule is CNCCc1sccc1C(O)c1ccccc1. The molecule has 90 valence electrons. The molecule has 0 aliphatic carbocycles. The van der Waals surface area contributed by atoms with Crippen LogP contribution in [0.4, 0.5) is 0 Å². The summed E-state index contributed by atoms with van der Waals surface area (Å²) in [7, 11) is 1.95. The van der Waals surface area contributed by atoms with Crippen molar-refractivity contribution in [2.45, 2.75) is 12.5 Å². The molecule has 3 heteroatoms. The predicted molar refractivity (Wildman–Crippen MR) is 72.5 cm³/mol. The Labute approximate surface area is 106 Å². The Morgan fingerprint density at radius 1 is 1.24 bits per heavy atom. The monoisotopic (exact) mass is 247 g/mol. The van der Waals surface area contributed by atoms with Crippen LogP contribution in [0.3, 0.4) is 0 Å². The Bertz CT molecular complexity index is 452. The lowest BCUT2D eigenvalue weighted by molar-refractivity contribution is 0.220. The summed E-state index contributed by atoms with van der Waals surface area (Å²) in [6.07, 6.45) is 0.460. The van der Waals surface area contributed by atoms with Gasteiger partial charge in [-0.05, 0) is 42.6 Å². The summed E-state index contributed by atoms with van der Waals surface area (Å²) < 4.78 is 0. The smallest absolute Gasteiger partial charge is 0.105 e. The molecule has 0 amide bonds. The summed E-state index contributed by atoms with van der Waals surface area (Å²) in [6, 6.07) is 11.8. The lowest BCUT2D eigenvalue weighted by atomic mass is 10.0. The first kappa shape index (κ1) is 12.3. The van der Waals surface area contributed by atoms with Gasteiger partial charge in [-0.2, -0.15) is 0 Å². The highest BCUT2D eigenvalue weighted by molar-refractivity contribution is 7.10. The van der Waals surface area contributed by atoms with Crippen molar-refractivity contribution in [2.24, 2.45) is 0 Å². The molecule has 0 saturated carbocycles. The number of hydrogen-bond donors (Lipinski definition) is 2. The minimum atomic E-state index is -0.505. The quantitative estimate of drug-likeness (QED) is 0.851. The standard InChI is InChI=1S/C14H17NOS/c1-15-9-7-13-12(8-10-17-13)14(16)11-5-3-2-4-6-11/h2-6,8,10,14-16H,7,9H2,1H3. The van der Waals surface area contributed by atoms with E-state index in [-0.39, 0.29) is 0 Å². The van der Waals surface area contributed by atoms with Crippen LogP contribution in [-0.4, -0.2) is 18.7 Å². The van der Waals surface area contributed by atoms with Crippen LogP contribution in [0.15, 0.2) is 41.8 Å². The van der Waals surface area contributed by atoms with Gasteiger partial charge in [-0.3, -0.25) is 0 Å². The van der Waals surface area contributed by atoms with E-state index >= 15 is 0 Å². The lowest BCUT2D eigenvalue weighted by Gasteiger charge is -2.12. The van der Waals surface area contributed by atoms with Gasteiger partial charge in [0.2, 0.25) is 0 Å². The lowest BCUT2D eigenvalue weighted by Crippen LogP contribution is -2.11. The van der Waals surface area contributed by atoms with Gasteiger partial charge in [0, 0.05) is 4.88 Å². The fourth-order valence-electron chi connectivity index (χ4n) is 1.85. The molecular weight excluding hydrogens is 230 g/mol. The van der Waals surface area contributed by atoms with E-state index in [9.17, 15) is 5.11 Å². The average Bonchev–Trinajstić information content (AvgIpc) is 2.84. The summed E-state index contributed by atoms with van der Waals surface area (Å²) in [5.41, 5.74) is 1.99. The van der Waals surface area contributed by atoms with E-state index in [1.54, 1.807) is 11.3 Å². The average molecular weight is 247 g/mol. The fourth-order valence-corrected chi connectivity index (χ4v) is 2.77. The number of rotatable bonds is 5. The Balaban J connectivity index is 2.19. The third-order valence-electron chi connectivity index (χ3n) is 2.79. The molecule has 1 atom stereocenters. The van der Waals surface area contributed by atoms with E-state index in [1.165, 1.54) is 4.88 Å². The van der Waals surface area contributed by atoms with Gasteiger partial charge in [0.1, 0.15) is 6.10 Å². The van der Waals surface area contributed by atoms with Crippen molar-refractivity contribution in [1.29, 1.82) is 0 Å². The molecule has 0 saturated heterocycles. The van der Waals surface area contributed by atoms with Crippen molar-refractivity contribution in [2.75, 3.05) is 13.6 Å². The van der Waals surface area contributed by atoms with Gasteiger partial charge in [0.25, 0.3) is 0 Å². The summed E-state index contributed by atoms with van der Waals surface area (Å²) in [4.78, 5) is 1.26. The molecule has 1 aromatic carbocycles. The number of hydrogen-bond acceptors (Lipinski definition) is 3. The highest BCUT2D eigenvalue weighted by atomic mass is 32.1. The molecule has 0 radical (unpaired) electrons.